The largest absolute Gasteiger partial charge is 0.389 e. The van der Waals surface area contributed by atoms with Crippen LogP contribution in [0.25, 0.3) is 0 Å². The van der Waals surface area contributed by atoms with E-state index in [1.165, 1.54) is 38.5 Å². The maximum Gasteiger partial charge on any atom is 0.0986 e. The van der Waals surface area contributed by atoms with Gasteiger partial charge in [0.15, 0.2) is 0 Å². The van der Waals surface area contributed by atoms with Gasteiger partial charge in [-0.05, 0) is 79.3 Å². The minimum atomic E-state index is -0.674. The summed E-state index contributed by atoms with van der Waals surface area (Å²) in [5, 5.41) is 20.2. The average Bonchev–Trinajstić information content (AvgIpc) is 2.96. The maximum atomic E-state index is 10.4. The molecule has 0 aromatic rings. The second-order valence-electron chi connectivity index (χ2n) is 9.00. The number of hydrogen-bond acceptors (Lipinski definition) is 2. The molecule has 2 nitrogen and oxygen atoms in total. The summed E-state index contributed by atoms with van der Waals surface area (Å²) in [6, 6.07) is 0. The van der Waals surface area contributed by atoms with Crippen LogP contribution < -0.4 is 0 Å². The molecule has 0 amide bonds. The molecule has 3 saturated carbocycles. The van der Waals surface area contributed by atoms with E-state index in [4.69, 9.17) is 0 Å². The van der Waals surface area contributed by atoms with Gasteiger partial charge in [-0.1, -0.05) is 51.5 Å². The molecule has 0 spiro atoms. The fourth-order valence-electron chi connectivity index (χ4n) is 5.93. The Kier molecular flexibility index (Phi) is 5.60. The third-order valence-corrected chi connectivity index (χ3v) is 7.72. The molecule has 3 fully saturated rings. The third-order valence-electron chi connectivity index (χ3n) is 7.72. The first-order chi connectivity index (χ1) is 11.9. The molecule has 0 aliphatic heterocycles. The van der Waals surface area contributed by atoms with Crippen molar-refractivity contribution in [1.82, 2.24) is 0 Å². The van der Waals surface area contributed by atoms with Crippen LogP contribution in [0.15, 0.2) is 35.5 Å². The molecule has 140 valence electrons. The lowest BCUT2D eigenvalue weighted by Gasteiger charge is -2.44. The lowest BCUT2D eigenvalue weighted by molar-refractivity contribution is 0.0961. The van der Waals surface area contributed by atoms with E-state index in [0.29, 0.717) is 23.3 Å². The summed E-state index contributed by atoms with van der Waals surface area (Å²) in [7, 11) is 0. The minimum absolute atomic E-state index is 0.461. The average molecular weight is 345 g/mol. The van der Waals surface area contributed by atoms with Crippen LogP contribution in [0.2, 0.25) is 0 Å². The number of rotatable bonds is 3. The van der Waals surface area contributed by atoms with Crippen molar-refractivity contribution in [2.45, 2.75) is 84.3 Å². The normalized spacial score (nSPS) is 43.5. The number of fused-ring (bicyclic) bond motifs is 1. The monoisotopic (exact) mass is 344 g/mol. The Hall–Kier alpha value is -0.860. The predicted octanol–water partition coefficient (Wildman–Crippen LogP) is 5.17. The Morgan fingerprint density at radius 1 is 1.16 bits per heavy atom. The molecule has 2 heteroatoms. The number of hydrogen-bond donors (Lipinski definition) is 2. The Morgan fingerprint density at radius 2 is 1.88 bits per heavy atom. The van der Waals surface area contributed by atoms with Gasteiger partial charge in [-0.3, -0.25) is 0 Å². The van der Waals surface area contributed by atoms with Crippen LogP contribution in [-0.4, -0.2) is 22.4 Å². The zero-order chi connectivity index (χ0) is 18.2. The molecule has 6 atom stereocenters. The van der Waals surface area contributed by atoms with Gasteiger partial charge in [0, 0.05) is 0 Å². The van der Waals surface area contributed by atoms with Crippen LogP contribution >= 0.6 is 0 Å². The van der Waals surface area contributed by atoms with Crippen molar-refractivity contribution in [3.8, 4) is 0 Å². The third kappa shape index (κ3) is 3.40. The fourth-order valence-corrected chi connectivity index (χ4v) is 5.93. The van der Waals surface area contributed by atoms with Gasteiger partial charge in [0.2, 0.25) is 0 Å². The van der Waals surface area contributed by atoms with E-state index >= 15 is 0 Å². The molecule has 3 aliphatic rings. The number of allylic oxidation sites excluding steroid dienone is 3. The number of aliphatic hydroxyl groups is 2. The van der Waals surface area contributed by atoms with E-state index in [9.17, 15) is 10.2 Å². The quantitative estimate of drug-likeness (QED) is 0.693. The first-order valence-electron chi connectivity index (χ1n) is 10.3. The maximum absolute atomic E-state index is 10.4. The summed E-state index contributed by atoms with van der Waals surface area (Å²) in [5.74, 6) is 2.39. The summed E-state index contributed by atoms with van der Waals surface area (Å²) < 4.78 is 0. The smallest absolute Gasteiger partial charge is 0.0986 e. The SMILES string of the molecule is C=C1[C@H](O)CC/C(=C\C=C2/CCC[C@]3(C)[C@@H]([C@@H](C)CC)CC[C@@H]23)[C@H]1O. The first kappa shape index (κ1) is 18.9. The van der Waals surface area contributed by atoms with Crippen LogP contribution in [-0.2, 0) is 0 Å². The van der Waals surface area contributed by atoms with Crippen LogP contribution in [0.5, 0.6) is 0 Å². The van der Waals surface area contributed by atoms with Gasteiger partial charge in [0.25, 0.3) is 0 Å². The van der Waals surface area contributed by atoms with Gasteiger partial charge in [-0.25, -0.2) is 0 Å². The summed E-state index contributed by atoms with van der Waals surface area (Å²) >= 11 is 0. The second kappa shape index (κ2) is 7.40. The molecule has 0 heterocycles. The van der Waals surface area contributed by atoms with Crippen molar-refractivity contribution in [2.24, 2.45) is 23.2 Å². The predicted molar refractivity (Wildman–Crippen MR) is 104 cm³/mol. The standard InChI is InChI=1S/C23H36O2/c1-5-15(2)19-11-12-20-17(7-6-14-23(19,20)4)8-9-18-10-13-21(24)16(3)22(18)25/h8-9,15,19-22,24-25H,3,5-7,10-14H2,1-2,4H3/b17-8+,18-9+/t15-,19+,20-,21+,22-,23+/m0/s1. The van der Waals surface area contributed by atoms with E-state index < -0.39 is 12.2 Å². The highest BCUT2D eigenvalue weighted by molar-refractivity contribution is 5.33. The highest BCUT2D eigenvalue weighted by Gasteiger charge is 2.50. The van der Waals surface area contributed by atoms with Crippen LogP contribution in [0, 0.1) is 23.2 Å². The van der Waals surface area contributed by atoms with Crippen molar-refractivity contribution in [3.05, 3.63) is 35.5 Å². The van der Waals surface area contributed by atoms with E-state index in [1.54, 1.807) is 5.57 Å². The fraction of sp³-hybridized carbons (Fsp3) is 0.739. The molecule has 25 heavy (non-hydrogen) atoms. The zero-order valence-electron chi connectivity index (χ0n) is 16.3. The second-order valence-corrected chi connectivity index (χ2v) is 9.00. The van der Waals surface area contributed by atoms with Crippen molar-refractivity contribution in [1.29, 1.82) is 0 Å². The molecule has 0 radical (unpaired) electrons. The van der Waals surface area contributed by atoms with Crippen LogP contribution in [0.4, 0.5) is 0 Å². The Bertz CT molecular complexity index is 573. The Labute approximate surface area is 153 Å². The summed E-state index contributed by atoms with van der Waals surface area (Å²) in [6.07, 6.45) is 12.5. The van der Waals surface area contributed by atoms with Gasteiger partial charge in [-0.15, -0.1) is 0 Å². The van der Waals surface area contributed by atoms with Gasteiger partial charge in [0.05, 0.1) is 12.2 Å². The molecule has 0 aromatic heterocycles. The summed E-state index contributed by atoms with van der Waals surface area (Å²) in [5.41, 5.74) is 3.63. The van der Waals surface area contributed by atoms with Crippen LogP contribution in [0.1, 0.15) is 72.1 Å². The molecule has 3 rings (SSSR count). The lowest BCUT2D eigenvalue weighted by atomic mass is 9.61. The number of aliphatic hydroxyl groups excluding tert-OH is 2. The van der Waals surface area contributed by atoms with Crippen molar-refractivity contribution < 1.29 is 10.2 Å². The topological polar surface area (TPSA) is 40.5 Å². The molecular formula is C23H36O2. The van der Waals surface area contributed by atoms with E-state index in [0.717, 1.165) is 23.8 Å². The molecule has 0 aromatic carbocycles. The van der Waals surface area contributed by atoms with Crippen molar-refractivity contribution in [3.63, 3.8) is 0 Å². The summed E-state index contributed by atoms with van der Waals surface area (Å²) in [4.78, 5) is 0. The van der Waals surface area contributed by atoms with Gasteiger partial charge < -0.3 is 10.2 Å². The summed E-state index contributed by atoms with van der Waals surface area (Å²) in [6.45, 7) is 11.2. The van der Waals surface area contributed by atoms with E-state index in [2.05, 4.69) is 39.5 Å². The lowest BCUT2D eigenvalue weighted by Crippen LogP contribution is -2.35. The molecular weight excluding hydrogens is 308 g/mol. The zero-order valence-corrected chi connectivity index (χ0v) is 16.3. The van der Waals surface area contributed by atoms with Gasteiger partial charge >= 0.3 is 0 Å². The first-order valence-corrected chi connectivity index (χ1v) is 10.3. The van der Waals surface area contributed by atoms with E-state index in [-0.39, 0.29) is 0 Å². The molecule has 3 aliphatic carbocycles. The highest BCUT2D eigenvalue weighted by Crippen LogP contribution is 2.59. The molecule has 2 N–H and O–H groups in total. The highest BCUT2D eigenvalue weighted by atomic mass is 16.3. The van der Waals surface area contributed by atoms with Gasteiger partial charge in [0.1, 0.15) is 0 Å². The van der Waals surface area contributed by atoms with E-state index in [1.807, 2.05) is 0 Å². The van der Waals surface area contributed by atoms with Gasteiger partial charge in [-0.2, -0.15) is 0 Å². The van der Waals surface area contributed by atoms with Crippen LogP contribution in [0.3, 0.4) is 0 Å². The molecule has 0 bridgehead atoms. The van der Waals surface area contributed by atoms with Crippen molar-refractivity contribution >= 4 is 0 Å². The Morgan fingerprint density at radius 3 is 2.60 bits per heavy atom. The Balaban J connectivity index is 1.80. The minimum Gasteiger partial charge on any atom is -0.389 e. The molecule has 0 unspecified atom stereocenters. The molecule has 0 saturated heterocycles. The van der Waals surface area contributed by atoms with Crippen molar-refractivity contribution in [2.75, 3.05) is 0 Å².